The average Bonchev–Trinajstić information content (AvgIpc) is 2.47. The van der Waals surface area contributed by atoms with Crippen molar-refractivity contribution in [2.45, 2.75) is 6.42 Å². The molecule has 1 aliphatic heterocycles. The summed E-state index contributed by atoms with van der Waals surface area (Å²) in [6.45, 7) is 3.80. The van der Waals surface area contributed by atoms with E-state index in [9.17, 15) is 0 Å². The predicted octanol–water partition coefficient (Wildman–Crippen LogP) is 1.31. The summed E-state index contributed by atoms with van der Waals surface area (Å²) in [7, 11) is 0. The molecule has 0 amide bonds. The fourth-order valence-electron chi connectivity index (χ4n) is 1.56. The van der Waals surface area contributed by atoms with Gasteiger partial charge >= 0.3 is 0 Å². The summed E-state index contributed by atoms with van der Waals surface area (Å²) < 4.78 is 5.39. The lowest BCUT2D eigenvalue weighted by Crippen LogP contribution is -2.25. The number of anilines is 1. The topological polar surface area (TPSA) is 25.4 Å². The van der Waals surface area contributed by atoms with E-state index in [2.05, 4.69) is 9.88 Å². The first-order valence-electron chi connectivity index (χ1n) is 4.69. The van der Waals surface area contributed by atoms with Crippen molar-refractivity contribution >= 4 is 5.69 Å². The summed E-state index contributed by atoms with van der Waals surface area (Å²) >= 11 is 0. The van der Waals surface area contributed by atoms with Crippen molar-refractivity contribution < 1.29 is 4.74 Å². The SMILES string of the molecule is c1cc(N2CCCOCC2)ccn1. The Morgan fingerprint density at radius 1 is 1.15 bits per heavy atom. The quantitative estimate of drug-likeness (QED) is 0.648. The van der Waals surface area contributed by atoms with Gasteiger partial charge in [0.1, 0.15) is 0 Å². The molecule has 0 bridgehead atoms. The molecule has 3 nitrogen and oxygen atoms in total. The number of hydrogen-bond donors (Lipinski definition) is 0. The molecule has 1 aromatic heterocycles. The van der Waals surface area contributed by atoms with Gasteiger partial charge in [-0.1, -0.05) is 0 Å². The summed E-state index contributed by atoms with van der Waals surface area (Å²) in [5.74, 6) is 0. The third-order valence-electron chi connectivity index (χ3n) is 2.25. The van der Waals surface area contributed by atoms with Gasteiger partial charge in [0.15, 0.2) is 0 Å². The average molecular weight is 178 g/mol. The number of aromatic nitrogens is 1. The number of rotatable bonds is 1. The summed E-state index contributed by atoms with van der Waals surface area (Å²) in [6.07, 6.45) is 4.78. The minimum Gasteiger partial charge on any atom is -0.380 e. The maximum Gasteiger partial charge on any atom is 0.0641 e. The Morgan fingerprint density at radius 3 is 2.85 bits per heavy atom. The second-order valence-corrected chi connectivity index (χ2v) is 3.16. The molecule has 0 atom stereocenters. The smallest absolute Gasteiger partial charge is 0.0641 e. The van der Waals surface area contributed by atoms with Gasteiger partial charge in [0, 0.05) is 37.8 Å². The van der Waals surface area contributed by atoms with Crippen LogP contribution in [-0.4, -0.2) is 31.3 Å². The third-order valence-corrected chi connectivity index (χ3v) is 2.25. The van der Waals surface area contributed by atoms with Crippen LogP contribution in [0, 0.1) is 0 Å². The van der Waals surface area contributed by atoms with Gasteiger partial charge in [-0.25, -0.2) is 0 Å². The van der Waals surface area contributed by atoms with Crippen molar-refractivity contribution in [1.29, 1.82) is 0 Å². The molecule has 3 heteroatoms. The molecule has 2 rings (SSSR count). The molecule has 0 radical (unpaired) electrons. The fraction of sp³-hybridized carbons (Fsp3) is 0.500. The molecule has 0 N–H and O–H groups in total. The highest BCUT2D eigenvalue weighted by Gasteiger charge is 2.08. The minimum absolute atomic E-state index is 0.836. The monoisotopic (exact) mass is 178 g/mol. The Hall–Kier alpha value is -1.09. The van der Waals surface area contributed by atoms with Crippen molar-refractivity contribution in [3.63, 3.8) is 0 Å². The van der Waals surface area contributed by atoms with Crippen molar-refractivity contribution in [2.75, 3.05) is 31.2 Å². The second-order valence-electron chi connectivity index (χ2n) is 3.16. The van der Waals surface area contributed by atoms with Crippen LogP contribution in [0.2, 0.25) is 0 Å². The molecular weight excluding hydrogens is 164 g/mol. The van der Waals surface area contributed by atoms with E-state index in [0.717, 1.165) is 32.7 Å². The van der Waals surface area contributed by atoms with E-state index in [0.29, 0.717) is 0 Å². The maximum absolute atomic E-state index is 5.39. The summed E-state index contributed by atoms with van der Waals surface area (Å²) in [5.41, 5.74) is 1.25. The fourth-order valence-corrected chi connectivity index (χ4v) is 1.56. The molecule has 1 saturated heterocycles. The van der Waals surface area contributed by atoms with Gasteiger partial charge in [-0.2, -0.15) is 0 Å². The summed E-state index contributed by atoms with van der Waals surface area (Å²) in [4.78, 5) is 6.35. The number of pyridine rings is 1. The normalized spacial score (nSPS) is 18.3. The Labute approximate surface area is 78.3 Å². The first kappa shape index (κ1) is 8.51. The zero-order valence-electron chi connectivity index (χ0n) is 7.65. The van der Waals surface area contributed by atoms with E-state index in [1.807, 2.05) is 24.5 Å². The van der Waals surface area contributed by atoms with Crippen LogP contribution >= 0.6 is 0 Å². The van der Waals surface area contributed by atoms with E-state index in [1.165, 1.54) is 5.69 Å². The van der Waals surface area contributed by atoms with Gasteiger partial charge in [-0.3, -0.25) is 4.98 Å². The highest BCUT2D eigenvalue weighted by Crippen LogP contribution is 2.13. The summed E-state index contributed by atoms with van der Waals surface area (Å²) in [5, 5.41) is 0. The molecule has 0 aromatic carbocycles. The summed E-state index contributed by atoms with van der Waals surface area (Å²) in [6, 6.07) is 4.09. The number of hydrogen-bond acceptors (Lipinski definition) is 3. The van der Waals surface area contributed by atoms with Gasteiger partial charge in [0.2, 0.25) is 0 Å². The van der Waals surface area contributed by atoms with E-state index < -0.39 is 0 Å². The number of ether oxygens (including phenoxy) is 1. The molecule has 70 valence electrons. The van der Waals surface area contributed by atoms with E-state index in [1.54, 1.807) is 0 Å². The minimum atomic E-state index is 0.836. The van der Waals surface area contributed by atoms with Crippen LogP contribution in [0.4, 0.5) is 5.69 Å². The van der Waals surface area contributed by atoms with Crippen molar-refractivity contribution in [3.8, 4) is 0 Å². The van der Waals surface area contributed by atoms with Gasteiger partial charge < -0.3 is 9.64 Å². The lowest BCUT2D eigenvalue weighted by atomic mass is 10.3. The van der Waals surface area contributed by atoms with Crippen LogP contribution in [0.1, 0.15) is 6.42 Å². The molecule has 1 aromatic rings. The second kappa shape index (κ2) is 4.23. The third kappa shape index (κ3) is 2.18. The van der Waals surface area contributed by atoms with Gasteiger partial charge in [-0.05, 0) is 18.6 Å². The van der Waals surface area contributed by atoms with Crippen molar-refractivity contribution in [3.05, 3.63) is 24.5 Å². The highest BCUT2D eigenvalue weighted by atomic mass is 16.5. The zero-order valence-corrected chi connectivity index (χ0v) is 7.65. The Balaban J connectivity index is 2.06. The Bertz CT molecular complexity index is 242. The zero-order chi connectivity index (χ0) is 8.93. The molecule has 2 heterocycles. The van der Waals surface area contributed by atoms with E-state index in [4.69, 9.17) is 4.74 Å². The molecule has 0 spiro atoms. The van der Waals surface area contributed by atoms with Crippen molar-refractivity contribution in [1.82, 2.24) is 4.98 Å². The molecule has 0 unspecified atom stereocenters. The highest BCUT2D eigenvalue weighted by molar-refractivity contribution is 5.44. The first-order valence-corrected chi connectivity index (χ1v) is 4.69. The molecule has 0 aliphatic carbocycles. The largest absolute Gasteiger partial charge is 0.380 e. The molecule has 13 heavy (non-hydrogen) atoms. The van der Waals surface area contributed by atoms with Crippen LogP contribution in [0.15, 0.2) is 24.5 Å². The van der Waals surface area contributed by atoms with Crippen LogP contribution < -0.4 is 4.90 Å². The lowest BCUT2D eigenvalue weighted by molar-refractivity contribution is 0.152. The predicted molar refractivity (Wildman–Crippen MR) is 51.9 cm³/mol. The Kier molecular flexibility index (Phi) is 2.77. The van der Waals surface area contributed by atoms with Gasteiger partial charge in [0.05, 0.1) is 6.61 Å². The molecule has 1 aliphatic rings. The maximum atomic E-state index is 5.39. The first-order chi connectivity index (χ1) is 6.47. The standard InChI is InChI=1S/C10H14N2O/c1-6-12(7-9-13-8-1)10-2-4-11-5-3-10/h2-5H,1,6-9H2. The van der Waals surface area contributed by atoms with Gasteiger partial charge in [-0.15, -0.1) is 0 Å². The lowest BCUT2D eigenvalue weighted by Gasteiger charge is -2.21. The molecule has 1 fully saturated rings. The number of nitrogens with zero attached hydrogens (tertiary/aromatic N) is 2. The van der Waals surface area contributed by atoms with Crippen LogP contribution in [-0.2, 0) is 4.74 Å². The Morgan fingerprint density at radius 2 is 2.00 bits per heavy atom. The van der Waals surface area contributed by atoms with E-state index >= 15 is 0 Å². The van der Waals surface area contributed by atoms with Gasteiger partial charge in [0.25, 0.3) is 0 Å². The van der Waals surface area contributed by atoms with Crippen LogP contribution in [0.25, 0.3) is 0 Å². The van der Waals surface area contributed by atoms with Crippen molar-refractivity contribution in [2.24, 2.45) is 0 Å². The van der Waals surface area contributed by atoms with E-state index in [-0.39, 0.29) is 0 Å². The van der Waals surface area contributed by atoms with Crippen LogP contribution in [0.3, 0.4) is 0 Å². The molecule has 0 saturated carbocycles. The molecular formula is C10H14N2O. The van der Waals surface area contributed by atoms with Crippen LogP contribution in [0.5, 0.6) is 0 Å².